The highest BCUT2D eigenvalue weighted by molar-refractivity contribution is 8.14. The van der Waals surface area contributed by atoms with Crippen LogP contribution in [0.25, 0.3) is 0 Å². The largest absolute Gasteiger partial charge is 0.496 e. The molecule has 0 unspecified atom stereocenters. The van der Waals surface area contributed by atoms with Gasteiger partial charge in [-0.3, -0.25) is 4.99 Å². The number of aliphatic hydroxyl groups excluding tert-OH is 2. The summed E-state index contributed by atoms with van der Waals surface area (Å²) in [5, 5.41) is 21.3. The van der Waals surface area contributed by atoms with Crippen LogP contribution < -0.4 is 4.74 Å². The van der Waals surface area contributed by atoms with Gasteiger partial charge in [0.1, 0.15) is 35.5 Å². The van der Waals surface area contributed by atoms with Gasteiger partial charge in [0.25, 0.3) is 0 Å². The van der Waals surface area contributed by atoms with Crippen molar-refractivity contribution in [3.8, 4) is 5.75 Å². The SMILES string of the molecule is COc1ccccc1CO[C@@H]([C@H]1O[C@@H]2SC(N(C)C)=N[C@@H]2[C@@H](O)[C@@H]1O)C(F)(F)F. The van der Waals surface area contributed by atoms with Gasteiger partial charge in [0, 0.05) is 19.7 Å². The van der Waals surface area contributed by atoms with Crippen LogP contribution in [0.3, 0.4) is 0 Å². The number of benzene rings is 1. The molecule has 162 valence electrons. The average Bonchev–Trinajstić information content (AvgIpc) is 3.09. The van der Waals surface area contributed by atoms with E-state index in [0.29, 0.717) is 16.5 Å². The Balaban J connectivity index is 1.79. The Labute approximate surface area is 170 Å². The number of amidine groups is 1. The lowest BCUT2D eigenvalue weighted by atomic mass is 9.94. The molecule has 0 amide bonds. The third-order valence-corrected chi connectivity index (χ3v) is 6.01. The molecule has 1 aromatic rings. The summed E-state index contributed by atoms with van der Waals surface area (Å²) < 4.78 is 57.1. The van der Waals surface area contributed by atoms with E-state index in [1.165, 1.54) is 7.11 Å². The molecule has 0 aromatic heterocycles. The Hall–Kier alpha value is -1.53. The first-order chi connectivity index (χ1) is 13.6. The highest BCUT2D eigenvalue weighted by atomic mass is 32.2. The van der Waals surface area contributed by atoms with Crippen LogP contribution in [0.15, 0.2) is 29.3 Å². The molecular weight excluding hydrogens is 413 g/mol. The molecule has 2 aliphatic heterocycles. The fourth-order valence-corrected chi connectivity index (χ4v) is 4.36. The van der Waals surface area contributed by atoms with Crippen LogP contribution in [0.2, 0.25) is 0 Å². The summed E-state index contributed by atoms with van der Waals surface area (Å²) in [5.41, 5.74) is -0.433. The van der Waals surface area contributed by atoms with E-state index in [9.17, 15) is 23.4 Å². The van der Waals surface area contributed by atoms with Crippen molar-refractivity contribution in [3.05, 3.63) is 29.8 Å². The lowest BCUT2D eigenvalue weighted by Crippen LogP contribution is -2.61. The zero-order chi connectivity index (χ0) is 21.3. The predicted molar refractivity (Wildman–Crippen MR) is 101 cm³/mol. The predicted octanol–water partition coefficient (Wildman–Crippen LogP) is 1.62. The quantitative estimate of drug-likeness (QED) is 0.726. The van der Waals surface area contributed by atoms with Gasteiger partial charge in [-0.15, -0.1) is 0 Å². The second kappa shape index (κ2) is 8.68. The number of rotatable bonds is 5. The van der Waals surface area contributed by atoms with Crippen molar-refractivity contribution in [2.24, 2.45) is 4.99 Å². The molecule has 1 aromatic carbocycles. The monoisotopic (exact) mass is 436 g/mol. The average molecular weight is 436 g/mol. The van der Waals surface area contributed by atoms with Crippen molar-refractivity contribution in [1.82, 2.24) is 4.90 Å². The van der Waals surface area contributed by atoms with Gasteiger partial charge in [0.05, 0.1) is 13.7 Å². The number of hydrogen-bond acceptors (Lipinski definition) is 8. The van der Waals surface area contributed by atoms with Gasteiger partial charge in [-0.2, -0.15) is 13.2 Å². The summed E-state index contributed by atoms with van der Waals surface area (Å²) in [6, 6.07) is 5.68. The summed E-state index contributed by atoms with van der Waals surface area (Å²) in [4.78, 5) is 5.91. The van der Waals surface area contributed by atoms with Crippen LogP contribution in [0.4, 0.5) is 13.2 Å². The number of alkyl halides is 3. The molecule has 11 heteroatoms. The molecule has 3 rings (SSSR count). The molecule has 2 heterocycles. The smallest absolute Gasteiger partial charge is 0.417 e. The number of para-hydroxylation sites is 1. The number of hydrogen-bond donors (Lipinski definition) is 2. The van der Waals surface area contributed by atoms with E-state index in [1.54, 1.807) is 43.3 Å². The number of fused-ring (bicyclic) bond motifs is 1. The number of thioether (sulfide) groups is 1. The van der Waals surface area contributed by atoms with Gasteiger partial charge in [0.2, 0.25) is 0 Å². The molecular formula is C18H23F3N2O5S. The fraction of sp³-hybridized carbons (Fsp3) is 0.611. The molecule has 1 saturated heterocycles. The Morgan fingerprint density at radius 2 is 1.93 bits per heavy atom. The minimum absolute atomic E-state index is 0.383. The van der Waals surface area contributed by atoms with Crippen molar-refractivity contribution in [1.29, 1.82) is 0 Å². The second-order valence-corrected chi connectivity index (χ2v) is 8.02. The minimum Gasteiger partial charge on any atom is -0.496 e. The van der Waals surface area contributed by atoms with E-state index in [0.717, 1.165) is 11.8 Å². The van der Waals surface area contributed by atoms with Crippen LogP contribution >= 0.6 is 11.8 Å². The molecule has 2 aliphatic rings. The number of aliphatic imine (C=N–C) groups is 1. The van der Waals surface area contributed by atoms with E-state index in [-0.39, 0.29) is 0 Å². The maximum Gasteiger partial charge on any atom is 0.417 e. The van der Waals surface area contributed by atoms with Crippen LogP contribution in [0, 0.1) is 0 Å². The number of aliphatic hydroxyl groups is 2. The minimum atomic E-state index is -4.82. The van der Waals surface area contributed by atoms with Crippen LogP contribution in [-0.2, 0) is 16.1 Å². The van der Waals surface area contributed by atoms with Crippen LogP contribution in [0.5, 0.6) is 5.75 Å². The van der Waals surface area contributed by atoms with E-state index in [2.05, 4.69) is 4.99 Å². The van der Waals surface area contributed by atoms with Crippen molar-refractivity contribution in [3.63, 3.8) is 0 Å². The molecule has 0 bridgehead atoms. The summed E-state index contributed by atoms with van der Waals surface area (Å²) in [6.45, 7) is -0.405. The molecule has 1 fully saturated rings. The highest BCUT2D eigenvalue weighted by Crippen LogP contribution is 2.41. The van der Waals surface area contributed by atoms with E-state index >= 15 is 0 Å². The lowest BCUT2D eigenvalue weighted by molar-refractivity contribution is -0.287. The third-order valence-electron chi connectivity index (χ3n) is 4.70. The molecule has 2 N–H and O–H groups in total. The Morgan fingerprint density at radius 3 is 2.55 bits per heavy atom. The molecule has 0 radical (unpaired) electrons. The van der Waals surface area contributed by atoms with Crippen LogP contribution in [0.1, 0.15) is 5.56 Å². The first-order valence-corrected chi connectivity index (χ1v) is 9.75. The second-order valence-electron chi connectivity index (χ2n) is 6.95. The Bertz CT molecular complexity index is 748. The van der Waals surface area contributed by atoms with Crippen molar-refractivity contribution >= 4 is 16.9 Å². The molecule has 0 spiro atoms. The van der Waals surface area contributed by atoms with Crippen molar-refractivity contribution in [2.75, 3.05) is 21.2 Å². The van der Waals surface area contributed by atoms with Crippen molar-refractivity contribution < 1.29 is 37.6 Å². The first kappa shape index (κ1) is 22.2. The third kappa shape index (κ3) is 4.64. The molecule has 6 atom stereocenters. The van der Waals surface area contributed by atoms with Gasteiger partial charge >= 0.3 is 6.18 Å². The van der Waals surface area contributed by atoms with Crippen molar-refractivity contribution in [2.45, 2.75) is 48.7 Å². The number of halogens is 3. The van der Waals surface area contributed by atoms with Gasteiger partial charge in [-0.05, 0) is 6.07 Å². The van der Waals surface area contributed by atoms with E-state index in [4.69, 9.17) is 14.2 Å². The lowest BCUT2D eigenvalue weighted by Gasteiger charge is -2.41. The summed E-state index contributed by atoms with van der Waals surface area (Å²) in [7, 11) is 4.85. The summed E-state index contributed by atoms with van der Waals surface area (Å²) in [5.74, 6) is 0.383. The maximum atomic E-state index is 13.8. The fourth-order valence-electron chi connectivity index (χ4n) is 3.22. The summed E-state index contributed by atoms with van der Waals surface area (Å²) in [6.07, 6.45) is -12.4. The number of nitrogens with zero attached hydrogens (tertiary/aromatic N) is 2. The Kier molecular flexibility index (Phi) is 6.64. The summed E-state index contributed by atoms with van der Waals surface area (Å²) >= 11 is 1.10. The maximum absolute atomic E-state index is 13.8. The first-order valence-electron chi connectivity index (χ1n) is 8.87. The zero-order valence-corrected chi connectivity index (χ0v) is 16.9. The van der Waals surface area contributed by atoms with Crippen LogP contribution in [-0.4, -0.2) is 83.6 Å². The molecule has 29 heavy (non-hydrogen) atoms. The van der Waals surface area contributed by atoms with E-state index in [1.807, 2.05) is 0 Å². The topological polar surface area (TPSA) is 83.8 Å². The Morgan fingerprint density at radius 1 is 1.24 bits per heavy atom. The molecule has 0 saturated carbocycles. The highest BCUT2D eigenvalue weighted by Gasteiger charge is 2.57. The van der Waals surface area contributed by atoms with Gasteiger partial charge < -0.3 is 29.3 Å². The van der Waals surface area contributed by atoms with Gasteiger partial charge in [-0.1, -0.05) is 30.0 Å². The number of ether oxygens (including phenoxy) is 3. The zero-order valence-electron chi connectivity index (χ0n) is 16.0. The normalized spacial score (nSPS) is 30.5. The standard InChI is InChI=1S/C18H23F3N2O5S/c1-23(2)17-22-11-12(24)13(25)14(28-16(11)29-17)15(18(19,20)21)27-8-9-6-4-5-7-10(9)26-3/h4-7,11-16,24-25H,8H2,1-3H3/t11-,12-,13+,14+,15+,16-/m1/s1. The number of methoxy groups -OCH3 is 1. The van der Waals surface area contributed by atoms with Gasteiger partial charge in [0.15, 0.2) is 11.3 Å². The molecule has 7 nitrogen and oxygen atoms in total. The molecule has 0 aliphatic carbocycles. The van der Waals surface area contributed by atoms with Gasteiger partial charge in [-0.25, -0.2) is 0 Å². The van der Waals surface area contributed by atoms with E-state index < -0.39 is 48.7 Å².